The second-order valence-corrected chi connectivity index (χ2v) is 3.45. The first kappa shape index (κ1) is 9.71. The zero-order chi connectivity index (χ0) is 10.7. The van der Waals surface area contributed by atoms with Gasteiger partial charge in [-0.1, -0.05) is 13.3 Å². The maximum Gasteiger partial charge on any atom is 0.149 e. The second-order valence-electron chi connectivity index (χ2n) is 3.45. The minimum Gasteiger partial charge on any atom is -0.382 e. The third-order valence-corrected chi connectivity index (χ3v) is 2.37. The largest absolute Gasteiger partial charge is 0.382 e. The molecular formula is C11H14N4. The highest BCUT2D eigenvalue weighted by atomic mass is 15.2. The van der Waals surface area contributed by atoms with Gasteiger partial charge in [-0.3, -0.25) is 10.1 Å². The molecule has 0 aliphatic rings. The molecule has 4 heteroatoms. The molecule has 2 aromatic heterocycles. The van der Waals surface area contributed by atoms with Gasteiger partial charge < -0.3 is 5.73 Å². The van der Waals surface area contributed by atoms with E-state index in [1.54, 1.807) is 12.4 Å². The molecule has 0 aliphatic heterocycles. The number of rotatable bonds is 3. The Labute approximate surface area is 88.5 Å². The number of nitrogens with zero attached hydrogens (tertiary/aromatic N) is 2. The highest BCUT2D eigenvalue weighted by Gasteiger charge is 2.10. The van der Waals surface area contributed by atoms with Crippen molar-refractivity contribution >= 4 is 5.82 Å². The van der Waals surface area contributed by atoms with Crippen LogP contribution in [0.4, 0.5) is 5.82 Å². The lowest BCUT2D eigenvalue weighted by Gasteiger charge is -2.01. The van der Waals surface area contributed by atoms with Crippen LogP contribution in [0, 0.1) is 0 Å². The Kier molecular flexibility index (Phi) is 2.67. The van der Waals surface area contributed by atoms with Crippen LogP contribution in [-0.2, 0) is 6.42 Å². The molecule has 0 bridgehead atoms. The number of nitrogens with one attached hydrogen (secondary N) is 1. The van der Waals surface area contributed by atoms with E-state index >= 15 is 0 Å². The predicted molar refractivity (Wildman–Crippen MR) is 60.2 cm³/mol. The Bertz CT molecular complexity index is 433. The van der Waals surface area contributed by atoms with Gasteiger partial charge in [0.2, 0.25) is 0 Å². The van der Waals surface area contributed by atoms with Gasteiger partial charge >= 0.3 is 0 Å². The summed E-state index contributed by atoms with van der Waals surface area (Å²) >= 11 is 0. The average molecular weight is 202 g/mol. The van der Waals surface area contributed by atoms with Crippen LogP contribution in [0.3, 0.4) is 0 Å². The third kappa shape index (κ3) is 1.83. The van der Waals surface area contributed by atoms with Crippen LogP contribution < -0.4 is 5.73 Å². The lowest BCUT2D eigenvalue weighted by atomic mass is 10.1. The molecule has 4 nitrogen and oxygen atoms in total. The van der Waals surface area contributed by atoms with Gasteiger partial charge in [0.25, 0.3) is 0 Å². The van der Waals surface area contributed by atoms with E-state index in [2.05, 4.69) is 22.1 Å². The van der Waals surface area contributed by atoms with Crippen LogP contribution in [0.15, 0.2) is 24.5 Å². The fourth-order valence-electron chi connectivity index (χ4n) is 1.64. The third-order valence-electron chi connectivity index (χ3n) is 2.37. The Morgan fingerprint density at radius 1 is 1.33 bits per heavy atom. The van der Waals surface area contributed by atoms with E-state index in [-0.39, 0.29) is 0 Å². The fourth-order valence-corrected chi connectivity index (χ4v) is 1.64. The molecule has 2 heterocycles. The maximum absolute atomic E-state index is 5.81. The monoisotopic (exact) mass is 202 g/mol. The first-order chi connectivity index (χ1) is 7.33. The molecule has 0 radical (unpaired) electrons. The minimum absolute atomic E-state index is 0.601. The van der Waals surface area contributed by atoms with Crippen molar-refractivity contribution in [3.63, 3.8) is 0 Å². The molecule has 0 aliphatic carbocycles. The molecule has 0 aromatic carbocycles. The van der Waals surface area contributed by atoms with Crippen LogP contribution in [0.5, 0.6) is 0 Å². The lowest BCUT2D eigenvalue weighted by Crippen LogP contribution is -1.92. The van der Waals surface area contributed by atoms with Crippen LogP contribution in [-0.4, -0.2) is 15.2 Å². The van der Waals surface area contributed by atoms with Crippen molar-refractivity contribution in [2.75, 3.05) is 5.73 Å². The van der Waals surface area contributed by atoms with Gasteiger partial charge in [0.1, 0.15) is 5.82 Å². The van der Waals surface area contributed by atoms with E-state index in [0.717, 1.165) is 29.7 Å². The Morgan fingerprint density at radius 2 is 2.07 bits per heavy atom. The summed E-state index contributed by atoms with van der Waals surface area (Å²) in [6.07, 6.45) is 5.53. The summed E-state index contributed by atoms with van der Waals surface area (Å²) in [6.45, 7) is 2.13. The maximum atomic E-state index is 5.81. The highest BCUT2D eigenvalue weighted by Crippen LogP contribution is 2.25. The molecule has 0 saturated carbocycles. The van der Waals surface area contributed by atoms with Gasteiger partial charge in [0, 0.05) is 23.5 Å². The molecule has 2 rings (SSSR count). The summed E-state index contributed by atoms with van der Waals surface area (Å²) in [4.78, 5) is 3.99. The van der Waals surface area contributed by atoms with Gasteiger partial charge in [-0.2, -0.15) is 5.10 Å². The van der Waals surface area contributed by atoms with Gasteiger partial charge in [-0.05, 0) is 18.6 Å². The summed E-state index contributed by atoms with van der Waals surface area (Å²) in [5.41, 5.74) is 9.00. The zero-order valence-corrected chi connectivity index (χ0v) is 8.70. The van der Waals surface area contributed by atoms with Crippen LogP contribution >= 0.6 is 0 Å². The van der Waals surface area contributed by atoms with Crippen LogP contribution in [0.25, 0.3) is 11.3 Å². The van der Waals surface area contributed by atoms with Crippen molar-refractivity contribution in [3.8, 4) is 11.3 Å². The molecule has 0 amide bonds. The molecular weight excluding hydrogens is 188 g/mol. The summed E-state index contributed by atoms with van der Waals surface area (Å²) in [6, 6.07) is 3.90. The summed E-state index contributed by atoms with van der Waals surface area (Å²) in [5.74, 6) is 0.601. The summed E-state index contributed by atoms with van der Waals surface area (Å²) < 4.78 is 0. The molecule has 15 heavy (non-hydrogen) atoms. The number of H-pyrrole nitrogens is 1. The molecule has 0 fully saturated rings. The molecule has 3 N–H and O–H groups in total. The van der Waals surface area contributed by atoms with Gasteiger partial charge in [0.15, 0.2) is 0 Å². The molecule has 0 saturated heterocycles. The Hall–Kier alpha value is -1.84. The number of pyridine rings is 1. The molecule has 0 atom stereocenters. The quantitative estimate of drug-likeness (QED) is 0.800. The van der Waals surface area contributed by atoms with Gasteiger partial charge in [-0.15, -0.1) is 0 Å². The number of aromatic nitrogens is 3. The van der Waals surface area contributed by atoms with Crippen LogP contribution in [0.2, 0.25) is 0 Å². The van der Waals surface area contributed by atoms with Gasteiger partial charge in [0.05, 0.1) is 5.69 Å². The molecule has 0 spiro atoms. The van der Waals surface area contributed by atoms with Crippen LogP contribution in [0.1, 0.15) is 18.9 Å². The summed E-state index contributed by atoms with van der Waals surface area (Å²) in [5, 5.41) is 7.02. The van der Waals surface area contributed by atoms with E-state index in [1.165, 1.54) is 0 Å². The fraction of sp³-hybridized carbons (Fsp3) is 0.273. The second kappa shape index (κ2) is 4.13. The van der Waals surface area contributed by atoms with E-state index in [1.807, 2.05) is 12.1 Å². The Balaban J connectivity index is 2.44. The topological polar surface area (TPSA) is 67.6 Å². The molecule has 78 valence electrons. The SMILES string of the molecule is CCCc1c(N)n[nH]c1-c1ccncc1. The standard InChI is InChI=1S/C11H14N4/c1-2-3-9-10(14-15-11(9)12)8-4-6-13-7-5-8/h4-7H,2-3H2,1H3,(H3,12,14,15). The zero-order valence-electron chi connectivity index (χ0n) is 8.70. The number of nitrogens with two attached hydrogens (primary N) is 1. The number of hydrogen-bond acceptors (Lipinski definition) is 3. The first-order valence-electron chi connectivity index (χ1n) is 5.06. The van der Waals surface area contributed by atoms with E-state index in [9.17, 15) is 0 Å². The van der Waals surface area contributed by atoms with E-state index in [4.69, 9.17) is 5.73 Å². The lowest BCUT2D eigenvalue weighted by molar-refractivity contribution is 0.927. The summed E-state index contributed by atoms with van der Waals surface area (Å²) in [7, 11) is 0. The number of nitrogen functional groups attached to an aromatic ring is 1. The van der Waals surface area contributed by atoms with Crippen molar-refractivity contribution in [1.82, 2.24) is 15.2 Å². The van der Waals surface area contributed by atoms with Crippen molar-refractivity contribution in [1.29, 1.82) is 0 Å². The van der Waals surface area contributed by atoms with Gasteiger partial charge in [-0.25, -0.2) is 0 Å². The molecule has 0 unspecified atom stereocenters. The highest BCUT2D eigenvalue weighted by molar-refractivity contribution is 5.67. The normalized spacial score (nSPS) is 10.5. The van der Waals surface area contributed by atoms with E-state index in [0.29, 0.717) is 5.82 Å². The van der Waals surface area contributed by atoms with Crippen molar-refractivity contribution in [2.45, 2.75) is 19.8 Å². The van der Waals surface area contributed by atoms with Crippen molar-refractivity contribution < 1.29 is 0 Å². The number of anilines is 1. The minimum atomic E-state index is 0.601. The predicted octanol–water partition coefficient (Wildman–Crippen LogP) is 2.01. The number of hydrogen-bond donors (Lipinski definition) is 2. The first-order valence-corrected chi connectivity index (χ1v) is 5.06. The van der Waals surface area contributed by atoms with E-state index < -0.39 is 0 Å². The smallest absolute Gasteiger partial charge is 0.149 e. The Morgan fingerprint density at radius 3 is 2.73 bits per heavy atom. The number of aromatic amines is 1. The molecule has 2 aromatic rings. The average Bonchev–Trinajstić information content (AvgIpc) is 2.63. The van der Waals surface area contributed by atoms with Crippen molar-refractivity contribution in [2.24, 2.45) is 0 Å². The van der Waals surface area contributed by atoms with Crippen molar-refractivity contribution in [3.05, 3.63) is 30.1 Å².